The van der Waals surface area contributed by atoms with Crippen LogP contribution >= 0.6 is 0 Å². The number of methoxy groups -OCH3 is 2. The van der Waals surface area contributed by atoms with Crippen LogP contribution in [0.15, 0.2) is 30.3 Å². The minimum atomic E-state index is -0.373. The molecule has 0 aliphatic heterocycles. The fourth-order valence-electron chi connectivity index (χ4n) is 2.34. The summed E-state index contributed by atoms with van der Waals surface area (Å²) in [7, 11) is 3.26. The van der Waals surface area contributed by atoms with Crippen LogP contribution < -0.4 is 9.47 Å². The normalized spacial score (nSPS) is 10.6. The van der Waals surface area contributed by atoms with Crippen molar-refractivity contribution in [3.05, 3.63) is 35.9 Å². The highest BCUT2D eigenvalue weighted by atomic mass is 16.5. The fourth-order valence-corrected chi connectivity index (χ4v) is 2.34. The highest BCUT2D eigenvalue weighted by Gasteiger charge is 2.14. The molecule has 0 atom stereocenters. The molecule has 2 rings (SSSR count). The molecule has 0 fully saturated rings. The molecule has 0 N–H and O–H groups in total. The Kier molecular flexibility index (Phi) is 6.23. The second kappa shape index (κ2) is 8.39. The Balaban J connectivity index is 2.42. The van der Waals surface area contributed by atoms with Gasteiger partial charge in [-0.15, -0.1) is 0 Å². The molecule has 2 aromatic rings. The highest BCUT2D eigenvalue weighted by Crippen LogP contribution is 2.34. The van der Waals surface area contributed by atoms with E-state index in [0.717, 1.165) is 17.2 Å². The second-order valence-electron chi connectivity index (χ2n) is 4.95. The number of hydrogen-bond acceptors (Lipinski definition) is 5. The Bertz CT molecular complexity index is 666. The van der Waals surface area contributed by atoms with Gasteiger partial charge in [0, 0.05) is 30.9 Å². The molecule has 0 aliphatic carbocycles. The zero-order chi connectivity index (χ0) is 16.7. The first-order valence-electron chi connectivity index (χ1n) is 7.60. The van der Waals surface area contributed by atoms with Gasteiger partial charge in [-0.3, -0.25) is 0 Å². The van der Waals surface area contributed by atoms with Crippen LogP contribution in [0.2, 0.25) is 0 Å². The van der Waals surface area contributed by atoms with Gasteiger partial charge in [-0.2, -0.15) is 0 Å². The Morgan fingerprint density at radius 3 is 2.57 bits per heavy atom. The van der Waals surface area contributed by atoms with Gasteiger partial charge < -0.3 is 18.9 Å². The summed E-state index contributed by atoms with van der Waals surface area (Å²) < 4.78 is 21.4. The van der Waals surface area contributed by atoms with Gasteiger partial charge >= 0.3 is 5.97 Å². The van der Waals surface area contributed by atoms with Crippen LogP contribution in [-0.2, 0) is 9.47 Å². The maximum Gasteiger partial charge on any atom is 0.338 e. The molecule has 0 bridgehead atoms. The first-order valence-corrected chi connectivity index (χ1v) is 7.60. The van der Waals surface area contributed by atoms with Crippen molar-refractivity contribution >= 4 is 16.7 Å². The number of benzene rings is 2. The van der Waals surface area contributed by atoms with Crippen LogP contribution in [0.1, 0.15) is 23.7 Å². The van der Waals surface area contributed by atoms with Crippen LogP contribution in [0.25, 0.3) is 10.8 Å². The van der Waals surface area contributed by atoms with E-state index in [1.54, 1.807) is 33.3 Å². The monoisotopic (exact) mass is 318 g/mol. The number of carbonyl (C=O) groups excluding carboxylic acids is 1. The number of carbonyl (C=O) groups is 1. The number of esters is 1. The average Bonchev–Trinajstić information content (AvgIpc) is 2.58. The van der Waals surface area contributed by atoms with E-state index >= 15 is 0 Å². The molecule has 0 heterocycles. The van der Waals surface area contributed by atoms with Gasteiger partial charge in [0.05, 0.1) is 25.9 Å². The zero-order valence-corrected chi connectivity index (χ0v) is 13.8. The zero-order valence-electron chi connectivity index (χ0n) is 13.8. The number of hydrogen-bond donors (Lipinski definition) is 0. The van der Waals surface area contributed by atoms with Crippen LogP contribution in [-0.4, -0.2) is 40.0 Å². The molecule has 0 aromatic heterocycles. The smallest absolute Gasteiger partial charge is 0.338 e. The molecule has 0 unspecified atom stereocenters. The van der Waals surface area contributed by atoms with E-state index in [1.807, 2.05) is 18.2 Å². The number of rotatable bonds is 8. The molecule has 5 nitrogen and oxygen atoms in total. The fraction of sp³-hybridized carbons (Fsp3) is 0.389. The molecule has 0 aliphatic rings. The molecule has 0 saturated carbocycles. The molecular weight excluding hydrogens is 296 g/mol. The molecular formula is C18H22O5. The second-order valence-corrected chi connectivity index (χ2v) is 4.95. The Hall–Kier alpha value is -2.27. The lowest BCUT2D eigenvalue weighted by Gasteiger charge is -2.13. The topological polar surface area (TPSA) is 54.0 Å². The van der Waals surface area contributed by atoms with Crippen LogP contribution in [0.3, 0.4) is 0 Å². The highest BCUT2D eigenvalue weighted by molar-refractivity contribution is 6.00. The summed E-state index contributed by atoms with van der Waals surface area (Å²) in [6.45, 7) is 3.24. The van der Waals surface area contributed by atoms with Gasteiger partial charge in [0.15, 0.2) is 0 Å². The van der Waals surface area contributed by atoms with Crippen molar-refractivity contribution in [1.29, 1.82) is 0 Å². The molecule has 0 saturated heterocycles. The summed E-state index contributed by atoms with van der Waals surface area (Å²) in [6, 6.07) is 9.18. The molecule has 23 heavy (non-hydrogen) atoms. The SMILES string of the molecule is CCOC(=O)c1cc(OCCCOC)c2cccc(OC)c2c1. The third-order valence-electron chi connectivity index (χ3n) is 3.40. The van der Waals surface area contributed by atoms with E-state index in [1.165, 1.54) is 0 Å². The maximum absolute atomic E-state index is 12.1. The summed E-state index contributed by atoms with van der Waals surface area (Å²) in [5.74, 6) is 0.956. The molecule has 5 heteroatoms. The quantitative estimate of drug-likeness (QED) is 0.551. The van der Waals surface area contributed by atoms with Gasteiger partial charge in [0.1, 0.15) is 11.5 Å². The summed E-state index contributed by atoms with van der Waals surface area (Å²) in [6.07, 6.45) is 0.769. The minimum absolute atomic E-state index is 0.326. The van der Waals surface area contributed by atoms with Crippen molar-refractivity contribution in [1.82, 2.24) is 0 Å². The van der Waals surface area contributed by atoms with Crippen molar-refractivity contribution < 1.29 is 23.7 Å². The van der Waals surface area contributed by atoms with Gasteiger partial charge in [-0.05, 0) is 25.1 Å². The third kappa shape index (κ3) is 4.13. The summed E-state index contributed by atoms with van der Waals surface area (Å²) >= 11 is 0. The predicted molar refractivity (Wildman–Crippen MR) is 88.4 cm³/mol. The first-order chi connectivity index (χ1) is 11.2. The Labute approximate surface area is 136 Å². The number of fused-ring (bicyclic) bond motifs is 1. The molecule has 124 valence electrons. The van der Waals surface area contributed by atoms with E-state index < -0.39 is 0 Å². The van der Waals surface area contributed by atoms with Gasteiger partial charge in [-0.25, -0.2) is 4.79 Å². The van der Waals surface area contributed by atoms with E-state index in [2.05, 4.69) is 0 Å². The van der Waals surface area contributed by atoms with Crippen molar-refractivity contribution in [2.45, 2.75) is 13.3 Å². The first kappa shape index (κ1) is 17.1. The Morgan fingerprint density at radius 2 is 1.87 bits per heavy atom. The number of ether oxygens (including phenoxy) is 4. The standard InChI is InChI=1S/C18H22O5/c1-4-22-18(19)13-11-15-14(7-5-8-16(15)21-3)17(12-13)23-10-6-9-20-2/h5,7-8,11-12H,4,6,9-10H2,1-3H3. The van der Waals surface area contributed by atoms with Crippen molar-refractivity contribution in [2.24, 2.45) is 0 Å². The van der Waals surface area contributed by atoms with E-state index in [-0.39, 0.29) is 5.97 Å². The summed E-state index contributed by atoms with van der Waals surface area (Å²) in [5, 5.41) is 1.72. The van der Waals surface area contributed by atoms with Crippen LogP contribution in [0.4, 0.5) is 0 Å². The predicted octanol–water partition coefficient (Wildman–Crippen LogP) is 3.44. The molecule has 2 aromatic carbocycles. The third-order valence-corrected chi connectivity index (χ3v) is 3.40. The molecule has 0 spiro atoms. The van der Waals surface area contributed by atoms with Crippen LogP contribution in [0.5, 0.6) is 11.5 Å². The average molecular weight is 318 g/mol. The largest absolute Gasteiger partial charge is 0.496 e. The van der Waals surface area contributed by atoms with Crippen molar-refractivity contribution in [3.63, 3.8) is 0 Å². The van der Waals surface area contributed by atoms with E-state index in [0.29, 0.717) is 36.9 Å². The van der Waals surface area contributed by atoms with Gasteiger partial charge in [-0.1, -0.05) is 12.1 Å². The summed E-state index contributed by atoms with van der Waals surface area (Å²) in [5.41, 5.74) is 0.450. The van der Waals surface area contributed by atoms with Gasteiger partial charge in [0.25, 0.3) is 0 Å². The lowest BCUT2D eigenvalue weighted by molar-refractivity contribution is 0.0526. The molecule has 0 radical (unpaired) electrons. The maximum atomic E-state index is 12.1. The lowest BCUT2D eigenvalue weighted by atomic mass is 10.0. The van der Waals surface area contributed by atoms with Crippen LogP contribution in [0, 0.1) is 0 Å². The van der Waals surface area contributed by atoms with E-state index in [4.69, 9.17) is 18.9 Å². The lowest BCUT2D eigenvalue weighted by Crippen LogP contribution is -2.07. The minimum Gasteiger partial charge on any atom is -0.496 e. The molecule has 0 amide bonds. The summed E-state index contributed by atoms with van der Waals surface area (Å²) in [4.78, 5) is 12.1. The Morgan fingerprint density at radius 1 is 1.04 bits per heavy atom. The van der Waals surface area contributed by atoms with Gasteiger partial charge in [0.2, 0.25) is 0 Å². The van der Waals surface area contributed by atoms with Crippen molar-refractivity contribution in [2.75, 3.05) is 34.0 Å². The van der Waals surface area contributed by atoms with Crippen molar-refractivity contribution in [3.8, 4) is 11.5 Å². The van der Waals surface area contributed by atoms with E-state index in [9.17, 15) is 4.79 Å².